The van der Waals surface area contributed by atoms with Crippen LogP contribution in [0.5, 0.6) is 0 Å². The molecule has 1 amide bonds. The van der Waals surface area contributed by atoms with Crippen LogP contribution in [0.15, 0.2) is 0 Å². The molecule has 0 saturated heterocycles. The summed E-state index contributed by atoms with van der Waals surface area (Å²) in [7, 11) is 1.83. The molecule has 1 rings (SSSR count). The number of carbonyl (C=O) groups is 1. The van der Waals surface area contributed by atoms with Gasteiger partial charge in [-0.25, -0.2) is 0 Å². The molecule has 1 aliphatic rings. The Morgan fingerprint density at radius 1 is 1.67 bits per heavy atom. The van der Waals surface area contributed by atoms with Gasteiger partial charge in [0.15, 0.2) is 0 Å². The standard InChI is InChI=1S/C9H16ClNO/c1-7(10)6-11(2)9(12)8-4-3-5-8/h7-8H,3-6H2,1-2H3. The first-order valence-electron chi connectivity index (χ1n) is 4.50. The van der Waals surface area contributed by atoms with Crippen LogP contribution in [0.1, 0.15) is 26.2 Å². The molecule has 0 heterocycles. The zero-order valence-corrected chi connectivity index (χ0v) is 8.47. The Hall–Kier alpha value is -0.240. The van der Waals surface area contributed by atoms with Gasteiger partial charge in [-0.1, -0.05) is 6.42 Å². The molecular weight excluding hydrogens is 174 g/mol. The number of carbonyl (C=O) groups excluding carboxylic acids is 1. The van der Waals surface area contributed by atoms with Crippen molar-refractivity contribution in [1.29, 1.82) is 0 Å². The Morgan fingerprint density at radius 3 is 2.58 bits per heavy atom. The minimum absolute atomic E-state index is 0.0547. The minimum Gasteiger partial charge on any atom is -0.344 e. The Morgan fingerprint density at radius 2 is 2.25 bits per heavy atom. The fourth-order valence-electron chi connectivity index (χ4n) is 1.43. The van der Waals surface area contributed by atoms with Crippen LogP contribution in [0.4, 0.5) is 0 Å². The highest BCUT2D eigenvalue weighted by Crippen LogP contribution is 2.27. The van der Waals surface area contributed by atoms with Crippen molar-refractivity contribution in [3.8, 4) is 0 Å². The first-order chi connectivity index (χ1) is 5.61. The van der Waals surface area contributed by atoms with E-state index < -0.39 is 0 Å². The number of hydrogen-bond acceptors (Lipinski definition) is 1. The summed E-state index contributed by atoms with van der Waals surface area (Å²) in [6.07, 6.45) is 3.35. The fourth-order valence-corrected chi connectivity index (χ4v) is 1.64. The fraction of sp³-hybridized carbons (Fsp3) is 0.889. The lowest BCUT2D eigenvalue weighted by atomic mass is 9.84. The molecule has 12 heavy (non-hydrogen) atoms. The highest BCUT2D eigenvalue weighted by atomic mass is 35.5. The van der Waals surface area contributed by atoms with Crippen LogP contribution in [0, 0.1) is 5.92 Å². The maximum atomic E-state index is 11.5. The van der Waals surface area contributed by atoms with Crippen molar-refractivity contribution in [3.63, 3.8) is 0 Å². The van der Waals surface area contributed by atoms with Crippen LogP contribution in [0.25, 0.3) is 0 Å². The van der Waals surface area contributed by atoms with Gasteiger partial charge in [-0.05, 0) is 19.8 Å². The molecule has 70 valence electrons. The Bertz CT molecular complexity index is 166. The summed E-state index contributed by atoms with van der Waals surface area (Å²) in [6.45, 7) is 2.57. The first-order valence-corrected chi connectivity index (χ1v) is 4.94. The number of nitrogens with zero attached hydrogens (tertiary/aromatic N) is 1. The summed E-state index contributed by atoms with van der Waals surface area (Å²) < 4.78 is 0. The molecule has 0 N–H and O–H groups in total. The number of rotatable bonds is 3. The van der Waals surface area contributed by atoms with Crippen LogP contribution >= 0.6 is 11.6 Å². The highest BCUT2D eigenvalue weighted by Gasteiger charge is 2.27. The molecule has 2 nitrogen and oxygen atoms in total. The van der Waals surface area contributed by atoms with Crippen molar-refractivity contribution in [2.45, 2.75) is 31.6 Å². The minimum atomic E-state index is 0.0547. The molecule has 1 saturated carbocycles. The van der Waals surface area contributed by atoms with Crippen molar-refractivity contribution in [2.75, 3.05) is 13.6 Å². The Balaban J connectivity index is 2.30. The van der Waals surface area contributed by atoms with Gasteiger partial charge >= 0.3 is 0 Å². The number of halogens is 1. The predicted molar refractivity (Wildman–Crippen MR) is 50.3 cm³/mol. The zero-order valence-electron chi connectivity index (χ0n) is 7.72. The third-order valence-corrected chi connectivity index (χ3v) is 2.49. The van der Waals surface area contributed by atoms with E-state index in [9.17, 15) is 4.79 Å². The topological polar surface area (TPSA) is 20.3 Å². The zero-order chi connectivity index (χ0) is 9.14. The molecular formula is C9H16ClNO. The third kappa shape index (κ3) is 2.37. The molecule has 1 fully saturated rings. The van der Waals surface area contributed by atoms with Gasteiger partial charge < -0.3 is 4.90 Å². The van der Waals surface area contributed by atoms with Crippen molar-refractivity contribution in [1.82, 2.24) is 4.90 Å². The number of amides is 1. The van der Waals surface area contributed by atoms with Gasteiger partial charge in [0.1, 0.15) is 0 Å². The summed E-state index contributed by atoms with van der Waals surface area (Å²) in [5.41, 5.74) is 0. The maximum absolute atomic E-state index is 11.5. The Kier molecular flexibility index (Phi) is 3.39. The summed E-state index contributed by atoms with van der Waals surface area (Å²) >= 11 is 5.79. The molecule has 3 heteroatoms. The lowest BCUT2D eigenvalue weighted by molar-refractivity contribution is -0.136. The molecule has 0 aromatic carbocycles. The monoisotopic (exact) mass is 189 g/mol. The van der Waals surface area contributed by atoms with E-state index in [0.717, 1.165) is 12.8 Å². The van der Waals surface area contributed by atoms with Gasteiger partial charge in [-0.3, -0.25) is 4.79 Å². The number of alkyl halides is 1. The summed E-state index contributed by atoms with van der Waals surface area (Å²) in [5.74, 6) is 0.569. The quantitative estimate of drug-likeness (QED) is 0.621. The van der Waals surface area contributed by atoms with E-state index in [-0.39, 0.29) is 11.3 Å². The van der Waals surface area contributed by atoms with E-state index in [0.29, 0.717) is 12.5 Å². The van der Waals surface area contributed by atoms with Crippen LogP contribution in [0.3, 0.4) is 0 Å². The molecule has 0 radical (unpaired) electrons. The van der Waals surface area contributed by atoms with Crippen LogP contribution in [-0.4, -0.2) is 29.8 Å². The number of hydrogen-bond donors (Lipinski definition) is 0. The Labute approximate surface area is 78.9 Å². The molecule has 1 atom stereocenters. The van der Waals surface area contributed by atoms with Gasteiger partial charge in [0.25, 0.3) is 0 Å². The molecule has 0 bridgehead atoms. The maximum Gasteiger partial charge on any atom is 0.225 e. The molecule has 0 aromatic rings. The molecule has 0 aromatic heterocycles. The van der Waals surface area contributed by atoms with Crippen LogP contribution < -0.4 is 0 Å². The van der Waals surface area contributed by atoms with Gasteiger partial charge in [0, 0.05) is 24.9 Å². The normalized spacial score (nSPS) is 19.9. The SMILES string of the molecule is CC(Cl)CN(C)C(=O)C1CCC1. The van der Waals surface area contributed by atoms with E-state index in [2.05, 4.69) is 0 Å². The van der Waals surface area contributed by atoms with Gasteiger partial charge in [-0.15, -0.1) is 11.6 Å². The predicted octanol–water partition coefficient (Wildman–Crippen LogP) is 1.87. The van der Waals surface area contributed by atoms with E-state index in [1.54, 1.807) is 4.90 Å². The third-order valence-electron chi connectivity index (χ3n) is 2.36. The lowest BCUT2D eigenvalue weighted by Gasteiger charge is -2.29. The smallest absolute Gasteiger partial charge is 0.225 e. The van der Waals surface area contributed by atoms with Crippen molar-refractivity contribution < 1.29 is 4.79 Å². The van der Waals surface area contributed by atoms with Crippen LogP contribution in [-0.2, 0) is 4.79 Å². The van der Waals surface area contributed by atoms with Crippen molar-refractivity contribution >= 4 is 17.5 Å². The molecule has 0 aliphatic heterocycles. The molecule has 1 unspecified atom stereocenters. The first kappa shape index (κ1) is 9.85. The largest absolute Gasteiger partial charge is 0.344 e. The van der Waals surface area contributed by atoms with Crippen LogP contribution in [0.2, 0.25) is 0 Å². The van der Waals surface area contributed by atoms with Gasteiger partial charge in [-0.2, -0.15) is 0 Å². The second-order valence-corrected chi connectivity index (χ2v) is 4.37. The van der Waals surface area contributed by atoms with E-state index in [1.807, 2.05) is 14.0 Å². The summed E-state index contributed by atoms with van der Waals surface area (Å²) in [4.78, 5) is 13.3. The highest BCUT2D eigenvalue weighted by molar-refractivity contribution is 6.20. The van der Waals surface area contributed by atoms with E-state index >= 15 is 0 Å². The van der Waals surface area contributed by atoms with Gasteiger partial charge in [0.2, 0.25) is 5.91 Å². The summed E-state index contributed by atoms with van der Waals surface area (Å²) in [6, 6.07) is 0. The average molecular weight is 190 g/mol. The molecule has 1 aliphatic carbocycles. The van der Waals surface area contributed by atoms with E-state index in [1.165, 1.54) is 6.42 Å². The van der Waals surface area contributed by atoms with E-state index in [4.69, 9.17) is 11.6 Å². The van der Waals surface area contributed by atoms with Crippen molar-refractivity contribution in [2.24, 2.45) is 5.92 Å². The van der Waals surface area contributed by atoms with Gasteiger partial charge in [0.05, 0.1) is 0 Å². The second-order valence-electron chi connectivity index (χ2n) is 3.63. The van der Waals surface area contributed by atoms with Crippen molar-refractivity contribution in [3.05, 3.63) is 0 Å². The summed E-state index contributed by atoms with van der Waals surface area (Å²) in [5, 5.41) is 0.0547. The lowest BCUT2D eigenvalue weighted by Crippen LogP contribution is -2.38. The molecule has 0 spiro atoms. The average Bonchev–Trinajstić information content (AvgIpc) is 1.81. The second kappa shape index (κ2) is 4.13.